The Morgan fingerprint density at radius 2 is 1.64 bits per heavy atom. The fraction of sp³-hybridized carbons (Fsp3) is 0.409. The molecule has 130 valence electrons. The highest BCUT2D eigenvalue weighted by molar-refractivity contribution is 5.92. The SMILES string of the molecule is O=C(Nc1ccccc1)C1CCN([C@@H]2CCCc3ccccc32)CC1. The molecule has 2 aliphatic rings. The second-order valence-corrected chi connectivity index (χ2v) is 7.27. The number of nitrogens with zero attached hydrogens (tertiary/aromatic N) is 1. The smallest absolute Gasteiger partial charge is 0.227 e. The Kier molecular flexibility index (Phi) is 4.84. The van der Waals surface area contributed by atoms with E-state index in [2.05, 4.69) is 34.5 Å². The molecule has 25 heavy (non-hydrogen) atoms. The molecule has 1 saturated heterocycles. The summed E-state index contributed by atoms with van der Waals surface area (Å²) >= 11 is 0. The molecule has 0 radical (unpaired) electrons. The van der Waals surface area contributed by atoms with Crippen molar-refractivity contribution in [2.45, 2.75) is 38.1 Å². The molecule has 3 heteroatoms. The fourth-order valence-corrected chi connectivity index (χ4v) is 4.35. The van der Waals surface area contributed by atoms with Crippen LogP contribution in [0.15, 0.2) is 54.6 Å². The van der Waals surface area contributed by atoms with E-state index in [1.807, 2.05) is 30.3 Å². The molecule has 1 atom stereocenters. The first-order valence-electron chi connectivity index (χ1n) is 9.49. The molecule has 2 aromatic rings. The molecule has 1 fully saturated rings. The predicted molar refractivity (Wildman–Crippen MR) is 101 cm³/mol. The zero-order valence-corrected chi connectivity index (χ0v) is 14.7. The highest BCUT2D eigenvalue weighted by atomic mass is 16.1. The van der Waals surface area contributed by atoms with Gasteiger partial charge in [0.1, 0.15) is 0 Å². The predicted octanol–water partition coefficient (Wildman–Crippen LogP) is 4.41. The van der Waals surface area contributed by atoms with E-state index < -0.39 is 0 Å². The molecule has 1 aliphatic heterocycles. The summed E-state index contributed by atoms with van der Waals surface area (Å²) in [6.07, 6.45) is 5.64. The lowest BCUT2D eigenvalue weighted by atomic mass is 9.85. The average Bonchev–Trinajstić information content (AvgIpc) is 2.68. The quantitative estimate of drug-likeness (QED) is 0.901. The van der Waals surface area contributed by atoms with Crippen LogP contribution < -0.4 is 5.32 Å². The fourth-order valence-electron chi connectivity index (χ4n) is 4.35. The van der Waals surface area contributed by atoms with Crippen LogP contribution in [-0.4, -0.2) is 23.9 Å². The number of benzene rings is 2. The number of hydrogen-bond acceptors (Lipinski definition) is 2. The van der Waals surface area contributed by atoms with Crippen LogP contribution in [0.2, 0.25) is 0 Å². The van der Waals surface area contributed by atoms with Gasteiger partial charge >= 0.3 is 0 Å². The third-order valence-electron chi connectivity index (χ3n) is 5.72. The number of aryl methyl sites for hydroxylation is 1. The van der Waals surface area contributed by atoms with Gasteiger partial charge in [-0.05, 0) is 68.5 Å². The molecule has 1 aliphatic carbocycles. The summed E-state index contributed by atoms with van der Waals surface area (Å²) < 4.78 is 0. The van der Waals surface area contributed by atoms with E-state index in [4.69, 9.17) is 0 Å². The van der Waals surface area contributed by atoms with Crippen LogP contribution in [0.25, 0.3) is 0 Å². The molecule has 4 rings (SSSR count). The maximum absolute atomic E-state index is 12.5. The van der Waals surface area contributed by atoms with Gasteiger partial charge in [-0.25, -0.2) is 0 Å². The summed E-state index contributed by atoms with van der Waals surface area (Å²) in [4.78, 5) is 15.1. The lowest BCUT2D eigenvalue weighted by molar-refractivity contribution is -0.121. The average molecular weight is 334 g/mol. The number of amides is 1. The number of rotatable bonds is 3. The standard InChI is InChI=1S/C22H26N2O/c25-22(23-19-9-2-1-3-10-19)18-13-15-24(16-14-18)21-12-6-8-17-7-4-5-11-20(17)21/h1-5,7,9-11,18,21H,6,8,12-16H2,(H,23,25)/t21-/m1/s1. The third-order valence-corrected chi connectivity index (χ3v) is 5.72. The molecule has 1 N–H and O–H groups in total. The molecule has 0 saturated carbocycles. The molecular formula is C22H26N2O. The Morgan fingerprint density at radius 1 is 0.920 bits per heavy atom. The Hall–Kier alpha value is -2.13. The lowest BCUT2D eigenvalue weighted by Gasteiger charge is -2.40. The van der Waals surface area contributed by atoms with Gasteiger partial charge in [-0.15, -0.1) is 0 Å². The summed E-state index contributed by atoms with van der Waals surface area (Å²) in [7, 11) is 0. The van der Waals surface area contributed by atoms with Crippen molar-refractivity contribution in [3.05, 3.63) is 65.7 Å². The summed E-state index contributed by atoms with van der Waals surface area (Å²) in [6.45, 7) is 2.04. The Labute approximate surface area is 150 Å². The van der Waals surface area contributed by atoms with Crippen molar-refractivity contribution in [1.29, 1.82) is 0 Å². The van der Waals surface area contributed by atoms with Gasteiger partial charge in [0.2, 0.25) is 5.91 Å². The second-order valence-electron chi connectivity index (χ2n) is 7.27. The topological polar surface area (TPSA) is 32.3 Å². The first-order chi connectivity index (χ1) is 12.3. The molecule has 3 nitrogen and oxygen atoms in total. The molecule has 0 spiro atoms. The van der Waals surface area contributed by atoms with Gasteiger partial charge in [0, 0.05) is 17.6 Å². The van der Waals surface area contributed by atoms with Gasteiger partial charge in [0.05, 0.1) is 0 Å². The van der Waals surface area contributed by atoms with E-state index in [1.54, 1.807) is 0 Å². The Bertz CT molecular complexity index is 720. The van der Waals surface area contributed by atoms with Crippen molar-refractivity contribution in [3.8, 4) is 0 Å². The van der Waals surface area contributed by atoms with Crippen LogP contribution in [0.4, 0.5) is 5.69 Å². The first kappa shape index (κ1) is 16.3. The minimum absolute atomic E-state index is 0.135. The molecular weight excluding hydrogens is 308 g/mol. The number of piperidine rings is 1. The maximum atomic E-state index is 12.5. The van der Waals surface area contributed by atoms with E-state index in [-0.39, 0.29) is 11.8 Å². The van der Waals surface area contributed by atoms with Crippen LogP contribution in [0.1, 0.15) is 42.9 Å². The minimum atomic E-state index is 0.135. The van der Waals surface area contributed by atoms with Crippen molar-refractivity contribution in [3.63, 3.8) is 0 Å². The number of anilines is 1. The number of hydrogen-bond donors (Lipinski definition) is 1. The lowest BCUT2D eigenvalue weighted by Crippen LogP contribution is -2.41. The zero-order chi connectivity index (χ0) is 17.1. The van der Waals surface area contributed by atoms with E-state index in [9.17, 15) is 4.79 Å². The molecule has 1 heterocycles. The molecule has 0 aromatic heterocycles. The number of nitrogens with one attached hydrogen (secondary N) is 1. The van der Waals surface area contributed by atoms with Crippen LogP contribution in [0, 0.1) is 5.92 Å². The van der Waals surface area contributed by atoms with E-state index >= 15 is 0 Å². The number of likely N-dealkylation sites (tertiary alicyclic amines) is 1. The van der Waals surface area contributed by atoms with Gasteiger partial charge in [-0.3, -0.25) is 9.69 Å². The van der Waals surface area contributed by atoms with Gasteiger partial charge in [-0.2, -0.15) is 0 Å². The molecule has 0 bridgehead atoms. The summed E-state index contributed by atoms with van der Waals surface area (Å²) in [6, 6.07) is 19.2. The highest BCUT2D eigenvalue weighted by Crippen LogP contribution is 2.36. The van der Waals surface area contributed by atoms with Gasteiger partial charge in [0.25, 0.3) is 0 Å². The van der Waals surface area contributed by atoms with Crippen molar-refractivity contribution in [2.75, 3.05) is 18.4 Å². The largest absolute Gasteiger partial charge is 0.326 e. The molecule has 2 aromatic carbocycles. The number of carbonyl (C=O) groups excluding carboxylic acids is 1. The monoisotopic (exact) mass is 334 g/mol. The zero-order valence-electron chi connectivity index (χ0n) is 14.7. The normalized spacial score (nSPS) is 21.5. The molecule has 0 unspecified atom stereocenters. The van der Waals surface area contributed by atoms with Gasteiger partial charge in [-0.1, -0.05) is 42.5 Å². The van der Waals surface area contributed by atoms with E-state index in [0.717, 1.165) is 31.6 Å². The van der Waals surface area contributed by atoms with Gasteiger partial charge < -0.3 is 5.32 Å². The van der Waals surface area contributed by atoms with Crippen LogP contribution in [-0.2, 0) is 11.2 Å². The van der Waals surface area contributed by atoms with Crippen molar-refractivity contribution >= 4 is 11.6 Å². The number of carbonyl (C=O) groups is 1. The second kappa shape index (κ2) is 7.40. The van der Waals surface area contributed by atoms with Crippen molar-refractivity contribution in [1.82, 2.24) is 4.90 Å². The summed E-state index contributed by atoms with van der Waals surface area (Å²) in [5, 5.41) is 3.06. The highest BCUT2D eigenvalue weighted by Gasteiger charge is 2.31. The number of fused-ring (bicyclic) bond motifs is 1. The first-order valence-corrected chi connectivity index (χ1v) is 9.49. The minimum Gasteiger partial charge on any atom is -0.326 e. The number of para-hydroxylation sites is 1. The third kappa shape index (κ3) is 3.62. The van der Waals surface area contributed by atoms with Crippen molar-refractivity contribution < 1.29 is 4.79 Å². The Morgan fingerprint density at radius 3 is 2.44 bits per heavy atom. The molecule has 1 amide bonds. The maximum Gasteiger partial charge on any atom is 0.227 e. The summed E-state index contributed by atoms with van der Waals surface area (Å²) in [5.41, 5.74) is 3.93. The van der Waals surface area contributed by atoms with Crippen molar-refractivity contribution in [2.24, 2.45) is 5.92 Å². The summed E-state index contributed by atoms with van der Waals surface area (Å²) in [5.74, 6) is 0.310. The van der Waals surface area contributed by atoms with Crippen LogP contribution >= 0.6 is 0 Å². The van der Waals surface area contributed by atoms with Crippen LogP contribution in [0.5, 0.6) is 0 Å². The van der Waals surface area contributed by atoms with E-state index in [1.165, 1.54) is 30.4 Å². The van der Waals surface area contributed by atoms with E-state index in [0.29, 0.717) is 6.04 Å². The van der Waals surface area contributed by atoms with Gasteiger partial charge in [0.15, 0.2) is 0 Å². The Balaban J connectivity index is 1.37. The van der Waals surface area contributed by atoms with Crippen LogP contribution in [0.3, 0.4) is 0 Å².